The molecule has 1 N–H and O–H groups in total. The SMILES string of the molecule is CC(Oc1ccccc1C(C)C)C(=O)Nc1ccc(S(=O)(=O)N2CCOCC2)cc1. The molecule has 1 fully saturated rings. The number of hydrogen-bond donors (Lipinski definition) is 1. The number of nitrogens with one attached hydrogen (secondary N) is 1. The van der Waals surface area contributed by atoms with Crippen LogP contribution in [0.3, 0.4) is 0 Å². The third-order valence-electron chi connectivity index (χ3n) is 4.94. The predicted molar refractivity (Wildman–Crippen MR) is 115 cm³/mol. The molecule has 8 heteroatoms. The molecule has 1 atom stereocenters. The topological polar surface area (TPSA) is 84.9 Å². The summed E-state index contributed by atoms with van der Waals surface area (Å²) in [6, 6.07) is 13.8. The summed E-state index contributed by atoms with van der Waals surface area (Å²) in [6.45, 7) is 7.29. The van der Waals surface area contributed by atoms with Crippen molar-refractivity contribution in [3.63, 3.8) is 0 Å². The maximum absolute atomic E-state index is 12.7. The van der Waals surface area contributed by atoms with Crippen LogP contribution in [0.4, 0.5) is 5.69 Å². The fourth-order valence-electron chi connectivity index (χ4n) is 3.20. The molecule has 2 aromatic rings. The minimum absolute atomic E-state index is 0.192. The van der Waals surface area contributed by atoms with Gasteiger partial charge in [-0.15, -0.1) is 0 Å². The van der Waals surface area contributed by atoms with Crippen LogP contribution in [0.1, 0.15) is 32.3 Å². The Labute approximate surface area is 178 Å². The van der Waals surface area contributed by atoms with Crippen LogP contribution in [-0.4, -0.2) is 51.0 Å². The summed E-state index contributed by atoms with van der Waals surface area (Å²) in [5.41, 5.74) is 1.54. The van der Waals surface area contributed by atoms with Gasteiger partial charge in [0.05, 0.1) is 18.1 Å². The molecule has 0 aliphatic carbocycles. The zero-order valence-corrected chi connectivity index (χ0v) is 18.3. The summed E-state index contributed by atoms with van der Waals surface area (Å²) in [5.74, 6) is 0.650. The lowest BCUT2D eigenvalue weighted by atomic mass is 10.0. The molecule has 30 heavy (non-hydrogen) atoms. The lowest BCUT2D eigenvalue weighted by Crippen LogP contribution is -2.40. The van der Waals surface area contributed by atoms with Gasteiger partial charge in [-0.3, -0.25) is 4.79 Å². The largest absolute Gasteiger partial charge is 0.481 e. The third kappa shape index (κ3) is 5.19. The third-order valence-corrected chi connectivity index (χ3v) is 6.86. The molecule has 0 radical (unpaired) electrons. The molecular weight excluding hydrogens is 404 g/mol. The smallest absolute Gasteiger partial charge is 0.265 e. The van der Waals surface area contributed by atoms with Crippen molar-refractivity contribution in [3.8, 4) is 5.75 Å². The van der Waals surface area contributed by atoms with Crippen LogP contribution in [0.25, 0.3) is 0 Å². The zero-order chi connectivity index (χ0) is 21.7. The Kier molecular flexibility index (Phi) is 7.12. The molecule has 162 valence electrons. The maximum Gasteiger partial charge on any atom is 0.265 e. The number of carbonyl (C=O) groups excluding carboxylic acids is 1. The van der Waals surface area contributed by atoms with Gasteiger partial charge in [0.1, 0.15) is 5.75 Å². The number of anilines is 1. The number of para-hydroxylation sites is 1. The lowest BCUT2D eigenvalue weighted by Gasteiger charge is -2.26. The van der Waals surface area contributed by atoms with Crippen LogP contribution < -0.4 is 10.1 Å². The molecule has 1 amide bonds. The van der Waals surface area contributed by atoms with Crippen LogP contribution >= 0.6 is 0 Å². The highest BCUT2D eigenvalue weighted by molar-refractivity contribution is 7.89. The Morgan fingerprint density at radius 3 is 2.30 bits per heavy atom. The van der Waals surface area contributed by atoms with Crippen molar-refractivity contribution in [2.75, 3.05) is 31.6 Å². The number of benzene rings is 2. The zero-order valence-electron chi connectivity index (χ0n) is 17.5. The van der Waals surface area contributed by atoms with Crippen LogP contribution in [-0.2, 0) is 19.6 Å². The molecule has 1 aliphatic heterocycles. The Morgan fingerprint density at radius 1 is 1.03 bits per heavy atom. The predicted octanol–water partition coefficient (Wildman–Crippen LogP) is 3.24. The minimum atomic E-state index is -3.56. The van der Waals surface area contributed by atoms with Gasteiger partial charge >= 0.3 is 0 Å². The number of hydrogen-bond acceptors (Lipinski definition) is 5. The van der Waals surface area contributed by atoms with E-state index in [4.69, 9.17) is 9.47 Å². The van der Waals surface area contributed by atoms with Crippen LogP contribution in [0.15, 0.2) is 53.4 Å². The van der Waals surface area contributed by atoms with Gasteiger partial charge in [0.25, 0.3) is 5.91 Å². The summed E-state index contributed by atoms with van der Waals surface area (Å²) < 4.78 is 37.9. The second kappa shape index (κ2) is 9.59. The second-order valence-electron chi connectivity index (χ2n) is 7.48. The number of rotatable bonds is 7. The average molecular weight is 433 g/mol. The molecule has 1 aliphatic rings. The lowest BCUT2D eigenvalue weighted by molar-refractivity contribution is -0.122. The van der Waals surface area contributed by atoms with Gasteiger partial charge in [-0.05, 0) is 48.7 Å². The number of sulfonamides is 1. The normalized spacial score (nSPS) is 16.3. The summed E-state index contributed by atoms with van der Waals surface area (Å²) in [6.07, 6.45) is -0.707. The monoisotopic (exact) mass is 432 g/mol. The first kappa shape index (κ1) is 22.3. The molecule has 0 bridgehead atoms. The fourth-order valence-corrected chi connectivity index (χ4v) is 4.61. The Bertz CT molecular complexity index is 967. The van der Waals surface area contributed by atoms with Crippen molar-refractivity contribution < 1.29 is 22.7 Å². The molecule has 1 unspecified atom stereocenters. The Morgan fingerprint density at radius 2 is 1.67 bits per heavy atom. The summed E-state index contributed by atoms with van der Waals surface area (Å²) in [5, 5.41) is 2.78. The van der Waals surface area contributed by atoms with Crippen LogP contribution in [0, 0.1) is 0 Å². The second-order valence-corrected chi connectivity index (χ2v) is 9.42. The van der Waals surface area contributed by atoms with Crippen molar-refractivity contribution >= 4 is 21.6 Å². The minimum Gasteiger partial charge on any atom is -0.481 e. The van der Waals surface area contributed by atoms with E-state index in [1.54, 1.807) is 19.1 Å². The summed E-state index contributed by atoms with van der Waals surface area (Å²) >= 11 is 0. The number of morpholine rings is 1. The maximum atomic E-state index is 12.7. The van der Waals surface area contributed by atoms with Crippen molar-refractivity contribution in [2.45, 2.75) is 37.7 Å². The van der Waals surface area contributed by atoms with Crippen molar-refractivity contribution in [3.05, 3.63) is 54.1 Å². The first-order valence-electron chi connectivity index (χ1n) is 10.0. The average Bonchev–Trinajstić information content (AvgIpc) is 2.75. The van der Waals surface area contributed by atoms with E-state index in [1.165, 1.54) is 16.4 Å². The summed E-state index contributed by atoms with van der Waals surface area (Å²) in [7, 11) is -3.56. The van der Waals surface area contributed by atoms with Crippen molar-refractivity contribution in [2.24, 2.45) is 0 Å². The van der Waals surface area contributed by atoms with Gasteiger partial charge in [-0.25, -0.2) is 8.42 Å². The molecular formula is C22H28N2O5S. The van der Waals surface area contributed by atoms with E-state index in [0.717, 1.165) is 5.56 Å². The molecule has 2 aromatic carbocycles. The van der Waals surface area contributed by atoms with E-state index < -0.39 is 16.1 Å². The quantitative estimate of drug-likeness (QED) is 0.726. The number of ether oxygens (including phenoxy) is 2. The van der Waals surface area contributed by atoms with Gasteiger partial charge < -0.3 is 14.8 Å². The van der Waals surface area contributed by atoms with Crippen LogP contribution in [0.2, 0.25) is 0 Å². The number of amides is 1. The van der Waals surface area contributed by atoms with Gasteiger partial charge in [0.2, 0.25) is 10.0 Å². The molecule has 0 saturated carbocycles. The van der Waals surface area contributed by atoms with Crippen LogP contribution in [0.5, 0.6) is 5.75 Å². The van der Waals surface area contributed by atoms with Gasteiger partial charge in [-0.2, -0.15) is 4.31 Å². The highest BCUT2D eigenvalue weighted by atomic mass is 32.2. The van der Waals surface area contributed by atoms with E-state index in [-0.39, 0.29) is 16.7 Å². The van der Waals surface area contributed by atoms with Crippen molar-refractivity contribution in [1.29, 1.82) is 0 Å². The molecule has 0 aromatic heterocycles. The highest BCUT2D eigenvalue weighted by Crippen LogP contribution is 2.27. The first-order valence-corrected chi connectivity index (χ1v) is 11.5. The van der Waals surface area contributed by atoms with Gasteiger partial charge in [-0.1, -0.05) is 32.0 Å². The van der Waals surface area contributed by atoms with E-state index in [9.17, 15) is 13.2 Å². The fraction of sp³-hybridized carbons (Fsp3) is 0.409. The molecule has 3 rings (SSSR count). The molecule has 1 saturated heterocycles. The Hall–Kier alpha value is -2.42. The first-order chi connectivity index (χ1) is 14.3. The van der Waals surface area contributed by atoms with E-state index in [2.05, 4.69) is 19.2 Å². The Balaban J connectivity index is 1.64. The standard InChI is InChI=1S/C22H28N2O5S/c1-16(2)20-6-4-5-7-21(20)29-17(3)22(25)23-18-8-10-19(11-9-18)30(26,27)24-12-14-28-15-13-24/h4-11,16-17H,12-15H2,1-3H3,(H,23,25). The molecule has 0 spiro atoms. The number of nitrogens with zero attached hydrogens (tertiary/aromatic N) is 1. The van der Waals surface area contributed by atoms with Gasteiger partial charge in [0, 0.05) is 18.8 Å². The number of carbonyl (C=O) groups is 1. The van der Waals surface area contributed by atoms with E-state index in [0.29, 0.717) is 37.7 Å². The highest BCUT2D eigenvalue weighted by Gasteiger charge is 2.26. The van der Waals surface area contributed by atoms with Gasteiger partial charge in [0.15, 0.2) is 6.10 Å². The molecule has 7 nitrogen and oxygen atoms in total. The van der Waals surface area contributed by atoms with Crippen molar-refractivity contribution in [1.82, 2.24) is 4.31 Å². The molecule has 1 heterocycles. The summed E-state index contributed by atoms with van der Waals surface area (Å²) in [4.78, 5) is 12.7. The van der Waals surface area contributed by atoms with E-state index in [1.807, 2.05) is 24.3 Å². The van der Waals surface area contributed by atoms with E-state index >= 15 is 0 Å².